The Morgan fingerprint density at radius 3 is 2.23 bits per heavy atom. The lowest BCUT2D eigenvalue weighted by Crippen LogP contribution is -2.29. The first-order valence-corrected chi connectivity index (χ1v) is 6.40. The lowest BCUT2D eigenvalue weighted by molar-refractivity contribution is -0.133. The monoisotopic (exact) mass is 298 g/mol. The van der Waals surface area contributed by atoms with E-state index in [0.717, 1.165) is 5.56 Å². The summed E-state index contributed by atoms with van der Waals surface area (Å²) in [6.45, 7) is 1.84. The number of primary amides is 1. The second-order valence-electron chi connectivity index (χ2n) is 4.57. The predicted molar refractivity (Wildman–Crippen MR) is 81.2 cm³/mol. The van der Waals surface area contributed by atoms with Crippen LogP contribution in [0.15, 0.2) is 42.6 Å². The van der Waals surface area contributed by atoms with Crippen LogP contribution in [0, 0.1) is 6.92 Å². The molecule has 7 nitrogen and oxygen atoms in total. The average molecular weight is 298 g/mol. The molecule has 0 saturated heterocycles. The molecule has 7 heteroatoms. The standard InChI is InChI=1S/C15H14N4O3/c1-9-6-7-17-12(8-9)19-15(22)14(21)18-11-4-2-10(3-5-11)13(16)20/h2-8H,1H3,(H2,16,20)(H,18,21)(H,17,19,22). The van der Waals surface area contributed by atoms with Gasteiger partial charge in [-0.05, 0) is 48.9 Å². The fourth-order valence-electron chi connectivity index (χ4n) is 1.68. The number of rotatable bonds is 3. The van der Waals surface area contributed by atoms with E-state index >= 15 is 0 Å². The molecule has 112 valence electrons. The number of nitrogens with two attached hydrogens (primary N) is 1. The van der Waals surface area contributed by atoms with Crippen LogP contribution in [0.3, 0.4) is 0 Å². The van der Waals surface area contributed by atoms with Crippen LogP contribution in [0.5, 0.6) is 0 Å². The minimum Gasteiger partial charge on any atom is -0.366 e. The van der Waals surface area contributed by atoms with E-state index < -0.39 is 17.7 Å². The molecule has 0 aliphatic carbocycles. The minimum absolute atomic E-state index is 0.296. The van der Waals surface area contributed by atoms with Gasteiger partial charge in [-0.2, -0.15) is 0 Å². The quantitative estimate of drug-likeness (QED) is 0.735. The van der Waals surface area contributed by atoms with Crippen LogP contribution in [0.25, 0.3) is 0 Å². The van der Waals surface area contributed by atoms with Gasteiger partial charge >= 0.3 is 11.8 Å². The summed E-state index contributed by atoms with van der Waals surface area (Å²) in [5.74, 6) is -1.95. The van der Waals surface area contributed by atoms with Crippen LogP contribution in [-0.2, 0) is 9.59 Å². The van der Waals surface area contributed by atoms with Crippen LogP contribution in [0.4, 0.5) is 11.5 Å². The average Bonchev–Trinajstić information content (AvgIpc) is 2.47. The van der Waals surface area contributed by atoms with Gasteiger partial charge in [-0.15, -0.1) is 0 Å². The summed E-state index contributed by atoms with van der Waals surface area (Å²) < 4.78 is 0. The van der Waals surface area contributed by atoms with E-state index in [-0.39, 0.29) is 0 Å². The molecule has 3 amide bonds. The number of benzene rings is 1. The zero-order valence-corrected chi connectivity index (χ0v) is 11.8. The number of carbonyl (C=O) groups is 3. The molecule has 0 atom stereocenters. The molecule has 0 radical (unpaired) electrons. The van der Waals surface area contributed by atoms with E-state index in [9.17, 15) is 14.4 Å². The molecular formula is C15H14N4O3. The van der Waals surface area contributed by atoms with Crippen molar-refractivity contribution in [2.24, 2.45) is 5.73 Å². The molecule has 1 aromatic heterocycles. The van der Waals surface area contributed by atoms with Crippen LogP contribution < -0.4 is 16.4 Å². The van der Waals surface area contributed by atoms with E-state index in [1.165, 1.54) is 30.5 Å². The smallest absolute Gasteiger partial charge is 0.315 e. The third-order valence-electron chi connectivity index (χ3n) is 2.79. The molecule has 0 aliphatic rings. The zero-order valence-electron chi connectivity index (χ0n) is 11.8. The summed E-state index contributed by atoms with van der Waals surface area (Å²) in [5.41, 5.74) is 6.71. The molecule has 1 heterocycles. The Morgan fingerprint density at radius 1 is 1.00 bits per heavy atom. The number of hydrogen-bond acceptors (Lipinski definition) is 4. The van der Waals surface area contributed by atoms with Crippen molar-refractivity contribution in [3.8, 4) is 0 Å². The normalized spacial score (nSPS) is 9.86. The maximum atomic E-state index is 11.8. The van der Waals surface area contributed by atoms with Gasteiger partial charge < -0.3 is 16.4 Å². The van der Waals surface area contributed by atoms with E-state index in [0.29, 0.717) is 17.1 Å². The molecule has 4 N–H and O–H groups in total. The number of nitrogens with one attached hydrogen (secondary N) is 2. The van der Waals surface area contributed by atoms with Crippen molar-refractivity contribution in [2.75, 3.05) is 10.6 Å². The van der Waals surface area contributed by atoms with Crippen LogP contribution in [0.2, 0.25) is 0 Å². The van der Waals surface area contributed by atoms with Crippen molar-refractivity contribution in [1.29, 1.82) is 0 Å². The number of pyridine rings is 1. The molecule has 0 fully saturated rings. The Labute approximate surface area is 126 Å². The maximum Gasteiger partial charge on any atom is 0.315 e. The minimum atomic E-state index is -0.838. The van der Waals surface area contributed by atoms with E-state index in [1.54, 1.807) is 12.1 Å². The first-order valence-electron chi connectivity index (χ1n) is 6.40. The molecule has 0 unspecified atom stereocenters. The lowest BCUT2D eigenvalue weighted by Gasteiger charge is -2.06. The van der Waals surface area contributed by atoms with Crippen LogP contribution in [-0.4, -0.2) is 22.7 Å². The largest absolute Gasteiger partial charge is 0.366 e. The number of carbonyl (C=O) groups excluding carboxylic acids is 3. The van der Waals surface area contributed by atoms with Crippen molar-refractivity contribution < 1.29 is 14.4 Å². The highest BCUT2D eigenvalue weighted by atomic mass is 16.2. The summed E-state index contributed by atoms with van der Waals surface area (Å²) in [6, 6.07) is 9.30. The van der Waals surface area contributed by atoms with Crippen molar-refractivity contribution >= 4 is 29.2 Å². The molecule has 2 rings (SSSR count). The van der Waals surface area contributed by atoms with Gasteiger partial charge in [0.1, 0.15) is 5.82 Å². The van der Waals surface area contributed by atoms with Gasteiger partial charge in [0.05, 0.1) is 0 Å². The Bertz CT molecular complexity index is 726. The summed E-state index contributed by atoms with van der Waals surface area (Å²) in [5, 5.41) is 4.81. The first kappa shape index (κ1) is 15.2. The summed E-state index contributed by atoms with van der Waals surface area (Å²) in [7, 11) is 0. The number of amides is 3. The van der Waals surface area contributed by atoms with Gasteiger partial charge in [0.15, 0.2) is 0 Å². The Kier molecular flexibility index (Phi) is 4.47. The van der Waals surface area contributed by atoms with Gasteiger partial charge in [0.25, 0.3) is 0 Å². The predicted octanol–water partition coefficient (Wildman–Crippen LogP) is 1.07. The van der Waals surface area contributed by atoms with Gasteiger partial charge in [-0.25, -0.2) is 4.98 Å². The fourth-order valence-corrected chi connectivity index (χ4v) is 1.68. The summed E-state index contributed by atoms with van der Waals surface area (Å²) in [4.78, 5) is 38.4. The van der Waals surface area contributed by atoms with Crippen molar-refractivity contribution in [2.45, 2.75) is 6.92 Å². The SMILES string of the molecule is Cc1ccnc(NC(=O)C(=O)Nc2ccc(C(N)=O)cc2)c1. The highest BCUT2D eigenvalue weighted by Crippen LogP contribution is 2.10. The van der Waals surface area contributed by atoms with E-state index in [4.69, 9.17) is 5.73 Å². The Balaban J connectivity index is 1.99. The second kappa shape index (κ2) is 6.49. The van der Waals surface area contributed by atoms with E-state index in [1.807, 2.05) is 6.92 Å². The third kappa shape index (κ3) is 3.89. The van der Waals surface area contributed by atoms with Gasteiger partial charge in [0.2, 0.25) is 5.91 Å². The molecule has 0 saturated carbocycles. The summed E-state index contributed by atoms with van der Waals surface area (Å²) >= 11 is 0. The third-order valence-corrected chi connectivity index (χ3v) is 2.79. The number of aromatic nitrogens is 1. The van der Waals surface area contributed by atoms with Crippen LogP contribution >= 0.6 is 0 Å². The van der Waals surface area contributed by atoms with Gasteiger partial charge in [-0.3, -0.25) is 14.4 Å². The zero-order chi connectivity index (χ0) is 16.1. The van der Waals surface area contributed by atoms with Crippen molar-refractivity contribution in [3.05, 3.63) is 53.7 Å². The molecule has 22 heavy (non-hydrogen) atoms. The number of anilines is 2. The molecule has 0 bridgehead atoms. The number of nitrogens with zero attached hydrogens (tertiary/aromatic N) is 1. The molecule has 0 aliphatic heterocycles. The van der Waals surface area contributed by atoms with E-state index in [2.05, 4.69) is 15.6 Å². The lowest BCUT2D eigenvalue weighted by atomic mass is 10.2. The molecule has 2 aromatic rings. The van der Waals surface area contributed by atoms with Crippen LogP contribution in [0.1, 0.15) is 15.9 Å². The maximum absolute atomic E-state index is 11.8. The Morgan fingerprint density at radius 2 is 1.64 bits per heavy atom. The second-order valence-corrected chi connectivity index (χ2v) is 4.57. The molecule has 0 spiro atoms. The molecular weight excluding hydrogens is 284 g/mol. The molecule has 1 aromatic carbocycles. The van der Waals surface area contributed by atoms with Crippen molar-refractivity contribution in [3.63, 3.8) is 0 Å². The fraction of sp³-hybridized carbons (Fsp3) is 0.0667. The summed E-state index contributed by atoms with van der Waals surface area (Å²) in [6.07, 6.45) is 1.53. The first-order chi connectivity index (χ1) is 10.5. The topological polar surface area (TPSA) is 114 Å². The number of hydrogen-bond donors (Lipinski definition) is 3. The van der Waals surface area contributed by atoms with Crippen molar-refractivity contribution in [1.82, 2.24) is 4.98 Å². The Hall–Kier alpha value is -3.22. The van der Waals surface area contributed by atoms with Gasteiger partial charge in [0, 0.05) is 17.4 Å². The highest BCUT2D eigenvalue weighted by molar-refractivity contribution is 6.43. The highest BCUT2D eigenvalue weighted by Gasteiger charge is 2.14. The van der Waals surface area contributed by atoms with Gasteiger partial charge in [-0.1, -0.05) is 0 Å². The number of aryl methyl sites for hydroxylation is 1.